The summed E-state index contributed by atoms with van der Waals surface area (Å²) in [6.07, 6.45) is 5.13. The highest BCUT2D eigenvalue weighted by molar-refractivity contribution is 5.90. The largest absolute Gasteiger partial charge is 0.340 e. The van der Waals surface area contributed by atoms with Gasteiger partial charge in [-0.05, 0) is 56.5 Å². The van der Waals surface area contributed by atoms with Gasteiger partial charge in [0.2, 0.25) is 11.8 Å². The summed E-state index contributed by atoms with van der Waals surface area (Å²) in [7, 11) is 0. The Hall–Kier alpha value is -2.39. The molecular weight excluding hydrogens is 328 g/mol. The molecule has 0 unspecified atom stereocenters. The highest BCUT2D eigenvalue weighted by Gasteiger charge is 2.30. The average molecular weight is 354 g/mol. The summed E-state index contributed by atoms with van der Waals surface area (Å²) in [5.74, 6) is 0.329. The Bertz CT molecular complexity index is 672. The third-order valence-electron chi connectivity index (χ3n) is 5.28. The van der Waals surface area contributed by atoms with E-state index in [2.05, 4.69) is 21.2 Å². The zero-order valence-corrected chi connectivity index (χ0v) is 15.1. The fourth-order valence-electron chi connectivity index (χ4n) is 3.82. The van der Waals surface area contributed by atoms with Crippen molar-refractivity contribution in [1.29, 1.82) is 5.26 Å². The molecule has 1 N–H and O–H groups in total. The van der Waals surface area contributed by atoms with Gasteiger partial charge in [-0.1, -0.05) is 0 Å². The molecule has 1 aromatic rings. The van der Waals surface area contributed by atoms with Crippen LogP contribution in [0.2, 0.25) is 0 Å². The maximum atomic E-state index is 12.0. The van der Waals surface area contributed by atoms with Crippen molar-refractivity contribution in [3.63, 3.8) is 0 Å². The first kappa shape index (κ1) is 18.4. The molecule has 3 rings (SSSR count). The molecule has 0 atom stereocenters. The summed E-state index contributed by atoms with van der Waals surface area (Å²) >= 11 is 0. The zero-order chi connectivity index (χ0) is 18.4. The van der Waals surface area contributed by atoms with E-state index in [9.17, 15) is 9.59 Å². The van der Waals surface area contributed by atoms with Crippen LogP contribution >= 0.6 is 0 Å². The molecule has 0 radical (unpaired) electrons. The first-order valence-electron chi connectivity index (χ1n) is 9.47. The van der Waals surface area contributed by atoms with E-state index in [1.807, 2.05) is 0 Å². The standard InChI is InChI=1S/C20H26N4O2/c21-15-16-5-7-17(8-6-16)22-19(25)3-1-11-23-13-9-18(10-14-23)24-12-2-4-20(24)26/h5-8,18H,1-4,9-14H2,(H,22,25). The lowest BCUT2D eigenvalue weighted by molar-refractivity contribution is -0.130. The van der Waals surface area contributed by atoms with Crippen LogP contribution < -0.4 is 5.32 Å². The number of benzene rings is 1. The summed E-state index contributed by atoms with van der Waals surface area (Å²) in [6.45, 7) is 3.86. The van der Waals surface area contributed by atoms with Gasteiger partial charge in [0, 0.05) is 44.2 Å². The molecule has 0 saturated carbocycles. The van der Waals surface area contributed by atoms with E-state index in [1.54, 1.807) is 24.3 Å². The van der Waals surface area contributed by atoms with Crippen LogP contribution in [0.1, 0.15) is 44.1 Å². The van der Waals surface area contributed by atoms with Gasteiger partial charge in [-0.3, -0.25) is 9.59 Å². The number of hydrogen-bond donors (Lipinski definition) is 1. The van der Waals surface area contributed by atoms with Crippen LogP contribution in [0.3, 0.4) is 0 Å². The maximum absolute atomic E-state index is 12.0. The fourth-order valence-corrected chi connectivity index (χ4v) is 3.82. The third-order valence-corrected chi connectivity index (χ3v) is 5.28. The second-order valence-corrected chi connectivity index (χ2v) is 7.10. The second-order valence-electron chi connectivity index (χ2n) is 7.10. The summed E-state index contributed by atoms with van der Waals surface area (Å²) in [5.41, 5.74) is 1.31. The Kier molecular flexibility index (Phi) is 6.24. The van der Waals surface area contributed by atoms with Crippen molar-refractivity contribution >= 4 is 17.5 Å². The number of rotatable bonds is 6. The number of likely N-dealkylation sites (tertiary alicyclic amines) is 2. The van der Waals surface area contributed by atoms with Gasteiger partial charge in [-0.15, -0.1) is 0 Å². The molecule has 2 fully saturated rings. The minimum Gasteiger partial charge on any atom is -0.340 e. The van der Waals surface area contributed by atoms with Crippen molar-refractivity contribution in [2.45, 2.75) is 44.6 Å². The molecule has 6 heteroatoms. The molecule has 2 aliphatic heterocycles. The molecule has 2 aliphatic rings. The van der Waals surface area contributed by atoms with Gasteiger partial charge >= 0.3 is 0 Å². The van der Waals surface area contributed by atoms with E-state index in [-0.39, 0.29) is 5.91 Å². The zero-order valence-electron chi connectivity index (χ0n) is 15.1. The summed E-state index contributed by atoms with van der Waals surface area (Å²) in [4.78, 5) is 28.3. The topological polar surface area (TPSA) is 76.4 Å². The first-order valence-corrected chi connectivity index (χ1v) is 9.47. The second kappa shape index (κ2) is 8.81. The SMILES string of the molecule is N#Cc1ccc(NC(=O)CCCN2CCC(N3CCCC3=O)CC2)cc1. The molecule has 0 aromatic heterocycles. The van der Waals surface area contributed by atoms with Crippen LogP contribution in [-0.2, 0) is 9.59 Å². The van der Waals surface area contributed by atoms with Crippen molar-refractivity contribution in [3.05, 3.63) is 29.8 Å². The molecule has 138 valence electrons. The van der Waals surface area contributed by atoms with Crippen molar-refractivity contribution in [3.8, 4) is 6.07 Å². The minimum absolute atomic E-state index is 0.00672. The van der Waals surface area contributed by atoms with E-state index >= 15 is 0 Å². The molecule has 0 bridgehead atoms. The average Bonchev–Trinajstić information content (AvgIpc) is 3.09. The number of nitrogens with one attached hydrogen (secondary N) is 1. The van der Waals surface area contributed by atoms with E-state index in [0.29, 0.717) is 30.4 Å². The number of hydrogen-bond acceptors (Lipinski definition) is 4. The highest BCUT2D eigenvalue weighted by Crippen LogP contribution is 2.22. The predicted octanol–water partition coefficient (Wildman–Crippen LogP) is 2.36. The first-order chi connectivity index (χ1) is 12.7. The molecule has 0 aliphatic carbocycles. The van der Waals surface area contributed by atoms with Gasteiger partial charge in [0.25, 0.3) is 0 Å². The van der Waals surface area contributed by atoms with Crippen molar-refractivity contribution < 1.29 is 9.59 Å². The van der Waals surface area contributed by atoms with Crippen LogP contribution in [0, 0.1) is 11.3 Å². The molecule has 6 nitrogen and oxygen atoms in total. The van der Waals surface area contributed by atoms with Crippen LogP contribution in [0.4, 0.5) is 5.69 Å². The van der Waals surface area contributed by atoms with Gasteiger partial charge < -0.3 is 15.1 Å². The summed E-state index contributed by atoms with van der Waals surface area (Å²) in [6, 6.07) is 9.38. The molecule has 0 spiro atoms. The quantitative estimate of drug-likeness (QED) is 0.851. The lowest BCUT2D eigenvalue weighted by Crippen LogP contribution is -2.45. The third kappa shape index (κ3) is 4.83. The Morgan fingerprint density at radius 1 is 1.19 bits per heavy atom. The molecule has 2 heterocycles. The number of nitrogens with zero attached hydrogens (tertiary/aromatic N) is 3. The van der Waals surface area contributed by atoms with E-state index in [4.69, 9.17) is 5.26 Å². The number of piperidine rings is 1. The van der Waals surface area contributed by atoms with Gasteiger partial charge in [0.05, 0.1) is 11.6 Å². The van der Waals surface area contributed by atoms with Crippen LogP contribution in [0.25, 0.3) is 0 Å². The lowest BCUT2D eigenvalue weighted by Gasteiger charge is -2.36. The maximum Gasteiger partial charge on any atom is 0.224 e. The van der Waals surface area contributed by atoms with Crippen LogP contribution in [0.15, 0.2) is 24.3 Å². The number of nitriles is 1. The Morgan fingerprint density at radius 3 is 2.54 bits per heavy atom. The molecular formula is C20H26N4O2. The highest BCUT2D eigenvalue weighted by atomic mass is 16.2. The molecule has 1 aromatic carbocycles. The number of anilines is 1. The van der Waals surface area contributed by atoms with E-state index < -0.39 is 0 Å². The van der Waals surface area contributed by atoms with Crippen molar-refractivity contribution in [1.82, 2.24) is 9.80 Å². The molecule has 26 heavy (non-hydrogen) atoms. The lowest BCUT2D eigenvalue weighted by atomic mass is 10.0. The van der Waals surface area contributed by atoms with E-state index in [1.165, 1.54) is 0 Å². The smallest absolute Gasteiger partial charge is 0.224 e. The fraction of sp³-hybridized carbons (Fsp3) is 0.550. The van der Waals surface area contributed by atoms with Gasteiger partial charge in [0.1, 0.15) is 0 Å². The normalized spacial score (nSPS) is 18.7. The van der Waals surface area contributed by atoms with Crippen molar-refractivity contribution in [2.75, 3.05) is 31.5 Å². The number of amides is 2. The predicted molar refractivity (Wildman–Crippen MR) is 99.4 cm³/mol. The Morgan fingerprint density at radius 2 is 1.92 bits per heavy atom. The minimum atomic E-state index is 0.00672. The van der Waals surface area contributed by atoms with E-state index in [0.717, 1.165) is 57.5 Å². The van der Waals surface area contributed by atoms with Crippen LogP contribution in [0.5, 0.6) is 0 Å². The Balaban J connectivity index is 1.33. The van der Waals surface area contributed by atoms with Gasteiger partial charge in [0.15, 0.2) is 0 Å². The molecule has 2 amide bonds. The van der Waals surface area contributed by atoms with Gasteiger partial charge in [-0.2, -0.15) is 5.26 Å². The summed E-state index contributed by atoms with van der Waals surface area (Å²) < 4.78 is 0. The monoisotopic (exact) mass is 354 g/mol. The summed E-state index contributed by atoms with van der Waals surface area (Å²) in [5, 5.41) is 11.6. The van der Waals surface area contributed by atoms with Gasteiger partial charge in [-0.25, -0.2) is 0 Å². The van der Waals surface area contributed by atoms with Crippen molar-refractivity contribution in [2.24, 2.45) is 0 Å². The van der Waals surface area contributed by atoms with Crippen LogP contribution in [-0.4, -0.2) is 53.8 Å². The Labute approximate surface area is 154 Å². The number of carbonyl (C=O) groups excluding carboxylic acids is 2. The number of carbonyl (C=O) groups is 2. The molecule has 2 saturated heterocycles.